The lowest BCUT2D eigenvalue weighted by atomic mass is 9.37. The number of aliphatic hydroxyl groups excluding tert-OH is 1. The van der Waals surface area contributed by atoms with Crippen molar-refractivity contribution in [3.63, 3.8) is 0 Å². The summed E-state index contributed by atoms with van der Waals surface area (Å²) in [6.45, 7) is 33.8. The third-order valence-corrected chi connectivity index (χ3v) is 16.7. The summed E-state index contributed by atoms with van der Waals surface area (Å²) in [7, 11) is 1.50. The van der Waals surface area contributed by atoms with Gasteiger partial charge in [-0.2, -0.15) is 0 Å². The third-order valence-electron chi connectivity index (χ3n) is 16.7. The second-order valence-corrected chi connectivity index (χ2v) is 19.6. The van der Waals surface area contributed by atoms with Crippen molar-refractivity contribution in [1.82, 2.24) is 5.32 Å². The van der Waals surface area contributed by atoms with Crippen molar-refractivity contribution in [2.45, 2.75) is 152 Å². The number of aliphatic hydroxyl groups is 1. The molecule has 0 amide bonds. The second-order valence-electron chi connectivity index (χ2n) is 19.6. The highest BCUT2D eigenvalue weighted by Gasteiger charge is 2.64. The van der Waals surface area contributed by atoms with Crippen LogP contribution in [0.4, 0.5) is 0 Å². The molecule has 5 nitrogen and oxygen atoms in total. The Morgan fingerprint density at radius 2 is 1.54 bits per heavy atom. The lowest BCUT2D eigenvalue weighted by molar-refractivity contribution is -0.172. The van der Waals surface area contributed by atoms with E-state index in [2.05, 4.69) is 73.0 Å². The molecular formula is C47H83N3O2. The van der Waals surface area contributed by atoms with Crippen LogP contribution in [0.5, 0.6) is 0 Å². The zero-order chi connectivity index (χ0) is 38.9. The maximum atomic E-state index is 13.5. The summed E-state index contributed by atoms with van der Waals surface area (Å²) < 4.78 is 0. The minimum atomic E-state index is 0.113. The van der Waals surface area contributed by atoms with Gasteiger partial charge >= 0.3 is 0 Å². The van der Waals surface area contributed by atoms with E-state index in [1.54, 1.807) is 5.57 Å². The Bertz CT molecular complexity index is 1300. The summed E-state index contributed by atoms with van der Waals surface area (Å²) in [5.74, 6) is 6.38. The van der Waals surface area contributed by atoms with Gasteiger partial charge in [0.05, 0.1) is 5.76 Å². The van der Waals surface area contributed by atoms with E-state index >= 15 is 0 Å². The number of carbonyl (C=O) groups is 1. The van der Waals surface area contributed by atoms with Gasteiger partial charge < -0.3 is 21.9 Å². The van der Waals surface area contributed by atoms with E-state index in [4.69, 9.17) is 12.3 Å². The molecule has 52 heavy (non-hydrogen) atoms. The lowest BCUT2D eigenvalue weighted by Crippen LogP contribution is -2.60. The molecule has 0 aliphatic heterocycles. The Morgan fingerprint density at radius 3 is 2.13 bits per heavy atom. The molecule has 13 unspecified atom stereocenters. The number of Topliss-reactive ketones (excluding diaryl/α,β-unsaturated/α-hetero) is 1. The average Bonchev–Trinajstić information content (AvgIpc) is 3.41. The predicted molar refractivity (Wildman–Crippen MR) is 222 cm³/mol. The molecule has 5 fully saturated rings. The van der Waals surface area contributed by atoms with Crippen LogP contribution in [0.1, 0.15) is 146 Å². The molecule has 0 spiro atoms. The first-order chi connectivity index (χ1) is 24.6. The van der Waals surface area contributed by atoms with E-state index < -0.39 is 0 Å². The van der Waals surface area contributed by atoms with Gasteiger partial charge in [0.2, 0.25) is 0 Å². The summed E-state index contributed by atoms with van der Waals surface area (Å²) in [4.78, 5) is 13.5. The maximum absolute atomic E-state index is 13.5. The first-order valence-electron chi connectivity index (χ1n) is 21.9. The molecule has 6 rings (SSSR count). The van der Waals surface area contributed by atoms with Crippen LogP contribution < -0.4 is 16.8 Å². The van der Waals surface area contributed by atoms with Crippen LogP contribution in [0.15, 0.2) is 35.6 Å². The van der Waals surface area contributed by atoms with Crippen LogP contribution in [0.2, 0.25) is 0 Å². The minimum Gasteiger partial charge on any atom is -0.513 e. The largest absolute Gasteiger partial charge is 0.513 e. The zero-order valence-corrected chi connectivity index (χ0v) is 35.8. The molecule has 5 saturated carbocycles. The first-order valence-corrected chi connectivity index (χ1v) is 21.9. The van der Waals surface area contributed by atoms with Gasteiger partial charge in [-0.25, -0.2) is 0 Å². The number of ketones is 1. The summed E-state index contributed by atoms with van der Waals surface area (Å²) >= 11 is 0. The van der Waals surface area contributed by atoms with Gasteiger partial charge in [-0.3, -0.25) is 4.79 Å². The molecule has 6 aliphatic rings. The van der Waals surface area contributed by atoms with Crippen molar-refractivity contribution in [1.29, 1.82) is 0 Å². The molecule has 0 aromatic rings. The Kier molecular flexibility index (Phi) is 14.3. The standard InChI is InChI=1S/C44H72N2O2.C2H6.CH5N/c1-25(2)37(45)24-46-20-19-44-18-15-36-32(41(44)40(26(3)4)27(5)23-44)11-12-39-42(9)16-13-31(28(6)35(42)14-17-43(36,39)10)21-38(48)34-22-33(29(34)7)30(8)47;2*1-2/h25-26,28-29,31-37,39,46-47H,5,8,11-24,45H2,1-4,6-7,9-10H3;1-2H3;2H2,1H3. The molecule has 0 radical (unpaired) electrons. The van der Waals surface area contributed by atoms with Gasteiger partial charge in [-0.15, -0.1) is 0 Å². The molecule has 0 aromatic heterocycles. The quantitative estimate of drug-likeness (QED) is 0.126. The smallest absolute Gasteiger partial charge is 0.136 e. The predicted octanol–water partition coefficient (Wildman–Crippen LogP) is 10.7. The molecule has 13 atom stereocenters. The molecule has 0 heterocycles. The lowest BCUT2D eigenvalue weighted by Gasteiger charge is -2.67. The normalized spacial score (nSPS) is 41.3. The topological polar surface area (TPSA) is 101 Å². The minimum absolute atomic E-state index is 0.113. The van der Waals surface area contributed by atoms with Gasteiger partial charge in [-0.1, -0.05) is 93.5 Å². The Balaban J connectivity index is 0.00000146. The van der Waals surface area contributed by atoms with E-state index in [1.165, 1.54) is 76.8 Å². The van der Waals surface area contributed by atoms with E-state index in [-0.39, 0.29) is 29.6 Å². The highest BCUT2D eigenvalue weighted by atomic mass is 16.3. The fraction of sp³-hybridized carbons (Fsp3) is 0.851. The number of allylic oxidation sites excluding steroid dienone is 4. The first kappa shape index (κ1) is 43.3. The van der Waals surface area contributed by atoms with Crippen LogP contribution >= 0.6 is 0 Å². The fourth-order valence-corrected chi connectivity index (χ4v) is 13.9. The van der Waals surface area contributed by atoms with Crippen LogP contribution in [-0.2, 0) is 4.79 Å². The molecular weight excluding hydrogens is 639 g/mol. The van der Waals surface area contributed by atoms with Crippen molar-refractivity contribution < 1.29 is 9.90 Å². The monoisotopic (exact) mass is 722 g/mol. The van der Waals surface area contributed by atoms with Crippen molar-refractivity contribution >= 4 is 5.78 Å². The SMILES string of the molecule is C=C1CC2(CCNCC(N)C(C)C)CCC3C(CCC4C3(C)CCC3C(C)C(CC(=O)C5CC(C(=C)O)C5C)CCC34C)C2=C1C(C)C.CC.CN. The fourth-order valence-electron chi connectivity index (χ4n) is 13.9. The third kappa shape index (κ3) is 7.56. The molecule has 0 bridgehead atoms. The van der Waals surface area contributed by atoms with Crippen LogP contribution in [0.3, 0.4) is 0 Å². The van der Waals surface area contributed by atoms with E-state index in [0.29, 0.717) is 51.6 Å². The number of nitrogens with two attached hydrogens (primary N) is 2. The maximum Gasteiger partial charge on any atom is 0.136 e. The number of fused-ring (bicyclic) bond motifs is 7. The second kappa shape index (κ2) is 17.2. The van der Waals surface area contributed by atoms with Gasteiger partial charge in [0, 0.05) is 30.8 Å². The summed E-state index contributed by atoms with van der Waals surface area (Å²) in [6.07, 6.45) is 14.5. The molecule has 6 N–H and O–H groups in total. The zero-order valence-electron chi connectivity index (χ0n) is 35.8. The summed E-state index contributed by atoms with van der Waals surface area (Å²) in [5, 5.41) is 13.7. The van der Waals surface area contributed by atoms with E-state index in [1.807, 2.05) is 19.4 Å². The molecule has 6 aliphatic carbocycles. The Hall–Kier alpha value is -1.43. The molecule has 0 aromatic carbocycles. The highest BCUT2D eigenvalue weighted by Crippen LogP contribution is 2.73. The molecule has 5 heteroatoms. The molecule has 298 valence electrons. The summed E-state index contributed by atoms with van der Waals surface area (Å²) in [6, 6.07) is 0.218. The van der Waals surface area contributed by atoms with Crippen molar-refractivity contribution in [3.8, 4) is 0 Å². The van der Waals surface area contributed by atoms with Crippen molar-refractivity contribution in [2.75, 3.05) is 20.1 Å². The van der Waals surface area contributed by atoms with E-state index in [9.17, 15) is 9.90 Å². The average molecular weight is 722 g/mol. The van der Waals surface area contributed by atoms with Crippen molar-refractivity contribution in [3.05, 3.63) is 35.6 Å². The number of nitrogens with one attached hydrogen (secondary N) is 1. The number of rotatable bonds is 11. The number of hydrogen-bond donors (Lipinski definition) is 4. The van der Waals surface area contributed by atoms with Gasteiger partial charge in [0.25, 0.3) is 0 Å². The highest BCUT2D eigenvalue weighted by molar-refractivity contribution is 5.82. The van der Waals surface area contributed by atoms with Gasteiger partial charge in [-0.05, 0) is 159 Å². The summed E-state index contributed by atoms with van der Waals surface area (Å²) in [5.41, 5.74) is 16.9. The van der Waals surface area contributed by atoms with Crippen LogP contribution in [0, 0.1) is 81.3 Å². The number of carbonyl (C=O) groups excluding carboxylic acids is 1. The van der Waals surface area contributed by atoms with Crippen molar-refractivity contribution in [2.24, 2.45) is 92.8 Å². The number of hydrogen-bond acceptors (Lipinski definition) is 5. The molecule has 0 saturated heterocycles. The van der Waals surface area contributed by atoms with Gasteiger partial charge in [0.15, 0.2) is 0 Å². The Morgan fingerprint density at radius 1 is 0.923 bits per heavy atom. The van der Waals surface area contributed by atoms with Crippen LogP contribution in [-0.4, -0.2) is 37.1 Å². The Labute approximate surface area is 321 Å². The van der Waals surface area contributed by atoms with Gasteiger partial charge in [0.1, 0.15) is 5.78 Å². The van der Waals surface area contributed by atoms with E-state index in [0.717, 1.165) is 43.7 Å². The van der Waals surface area contributed by atoms with Crippen LogP contribution in [0.25, 0.3) is 0 Å².